The molecule has 0 spiro atoms. The van der Waals surface area contributed by atoms with Crippen molar-refractivity contribution in [3.63, 3.8) is 0 Å². The van der Waals surface area contributed by atoms with Gasteiger partial charge in [-0.25, -0.2) is 4.98 Å². The van der Waals surface area contributed by atoms with Crippen molar-refractivity contribution < 1.29 is 0 Å². The monoisotopic (exact) mass is 267 g/mol. The molecule has 0 aliphatic carbocycles. The van der Waals surface area contributed by atoms with Crippen molar-refractivity contribution in [2.24, 2.45) is 0 Å². The maximum absolute atomic E-state index is 4.47. The SMILES string of the molecule is c1nc2ccc(-c3cc(C4CCCNC4)[nH]n3)cc2[nH]1. The molecule has 1 unspecified atom stereocenters. The standard InChI is InChI=1S/C15H17N5/c1-2-11(8-16-5-1)14-7-13(19-20-14)10-3-4-12-15(6-10)18-9-17-12/h3-4,6-7,9,11,16H,1-2,5,8H2,(H,17,18)(H,19,20). The van der Waals surface area contributed by atoms with Gasteiger partial charge in [0.2, 0.25) is 0 Å². The van der Waals surface area contributed by atoms with Crippen LogP contribution in [0.2, 0.25) is 0 Å². The Labute approximate surface area is 116 Å². The summed E-state index contributed by atoms with van der Waals surface area (Å²) in [5, 5.41) is 11.1. The van der Waals surface area contributed by atoms with E-state index in [2.05, 4.69) is 43.7 Å². The summed E-state index contributed by atoms with van der Waals surface area (Å²) < 4.78 is 0. The lowest BCUT2D eigenvalue weighted by atomic mass is 9.96. The molecule has 102 valence electrons. The van der Waals surface area contributed by atoms with Gasteiger partial charge in [0.25, 0.3) is 0 Å². The van der Waals surface area contributed by atoms with Gasteiger partial charge in [0.05, 0.1) is 23.1 Å². The number of aromatic nitrogens is 4. The number of fused-ring (bicyclic) bond motifs is 1. The van der Waals surface area contributed by atoms with Gasteiger partial charge in [-0.05, 0) is 37.6 Å². The molecule has 1 aromatic carbocycles. The Kier molecular flexibility index (Phi) is 2.77. The number of nitrogens with zero attached hydrogens (tertiary/aromatic N) is 2. The summed E-state index contributed by atoms with van der Waals surface area (Å²) in [5.41, 5.74) is 5.39. The third-order valence-corrected chi connectivity index (χ3v) is 4.05. The van der Waals surface area contributed by atoms with E-state index in [1.54, 1.807) is 6.33 Å². The number of imidazole rings is 1. The third-order valence-electron chi connectivity index (χ3n) is 4.05. The number of nitrogens with one attached hydrogen (secondary N) is 3. The van der Waals surface area contributed by atoms with E-state index in [0.29, 0.717) is 5.92 Å². The van der Waals surface area contributed by atoms with E-state index in [-0.39, 0.29) is 0 Å². The molecule has 1 aliphatic heterocycles. The molecule has 3 heterocycles. The lowest BCUT2D eigenvalue weighted by Crippen LogP contribution is -2.28. The molecule has 20 heavy (non-hydrogen) atoms. The number of H-pyrrole nitrogens is 2. The van der Waals surface area contributed by atoms with Crippen molar-refractivity contribution in [1.29, 1.82) is 0 Å². The summed E-state index contributed by atoms with van der Waals surface area (Å²) >= 11 is 0. The van der Waals surface area contributed by atoms with Crippen molar-refractivity contribution in [3.8, 4) is 11.3 Å². The van der Waals surface area contributed by atoms with Gasteiger partial charge in [-0.15, -0.1) is 0 Å². The Morgan fingerprint density at radius 3 is 3.10 bits per heavy atom. The molecule has 1 fully saturated rings. The zero-order chi connectivity index (χ0) is 13.4. The minimum atomic E-state index is 0.556. The number of benzene rings is 1. The average molecular weight is 267 g/mol. The molecule has 3 N–H and O–H groups in total. The number of piperidine rings is 1. The molecule has 0 amide bonds. The lowest BCUT2D eigenvalue weighted by molar-refractivity contribution is 0.454. The summed E-state index contributed by atoms with van der Waals surface area (Å²) in [6.45, 7) is 2.18. The number of hydrogen-bond donors (Lipinski definition) is 3. The van der Waals surface area contributed by atoms with E-state index >= 15 is 0 Å². The minimum Gasteiger partial charge on any atom is -0.345 e. The largest absolute Gasteiger partial charge is 0.345 e. The second-order valence-electron chi connectivity index (χ2n) is 5.39. The van der Waals surface area contributed by atoms with Crippen molar-refractivity contribution in [3.05, 3.63) is 36.3 Å². The highest BCUT2D eigenvalue weighted by Gasteiger charge is 2.17. The van der Waals surface area contributed by atoms with Crippen molar-refractivity contribution in [1.82, 2.24) is 25.5 Å². The van der Waals surface area contributed by atoms with Gasteiger partial charge in [0.1, 0.15) is 0 Å². The zero-order valence-corrected chi connectivity index (χ0v) is 11.2. The van der Waals surface area contributed by atoms with Crippen LogP contribution in [0.1, 0.15) is 24.5 Å². The Morgan fingerprint density at radius 1 is 1.20 bits per heavy atom. The molecule has 1 atom stereocenters. The first-order valence-electron chi connectivity index (χ1n) is 7.10. The predicted octanol–water partition coefficient (Wildman–Crippen LogP) is 2.42. The number of rotatable bonds is 2. The van der Waals surface area contributed by atoms with Crippen LogP contribution in [0.15, 0.2) is 30.6 Å². The fourth-order valence-electron chi connectivity index (χ4n) is 2.91. The Morgan fingerprint density at radius 2 is 2.20 bits per heavy atom. The van der Waals surface area contributed by atoms with Crippen LogP contribution in [0.3, 0.4) is 0 Å². The highest BCUT2D eigenvalue weighted by molar-refractivity contribution is 5.80. The van der Waals surface area contributed by atoms with Crippen LogP contribution in [-0.4, -0.2) is 33.3 Å². The van der Waals surface area contributed by atoms with Crippen LogP contribution in [0.4, 0.5) is 0 Å². The number of hydrogen-bond acceptors (Lipinski definition) is 3. The van der Waals surface area contributed by atoms with Crippen LogP contribution in [0, 0.1) is 0 Å². The van der Waals surface area contributed by atoms with Gasteiger partial charge < -0.3 is 10.3 Å². The molecule has 4 rings (SSSR count). The van der Waals surface area contributed by atoms with Gasteiger partial charge in [-0.1, -0.05) is 6.07 Å². The summed E-state index contributed by atoms with van der Waals surface area (Å²) in [6.07, 6.45) is 4.19. The fourth-order valence-corrected chi connectivity index (χ4v) is 2.91. The normalized spacial score (nSPS) is 19.5. The average Bonchev–Trinajstić information content (AvgIpc) is 3.16. The maximum Gasteiger partial charge on any atom is 0.0931 e. The van der Waals surface area contributed by atoms with E-state index in [9.17, 15) is 0 Å². The van der Waals surface area contributed by atoms with Gasteiger partial charge in [-0.2, -0.15) is 5.10 Å². The first-order chi connectivity index (χ1) is 9.90. The lowest BCUT2D eigenvalue weighted by Gasteiger charge is -2.21. The van der Waals surface area contributed by atoms with Gasteiger partial charge in [0, 0.05) is 23.7 Å². The van der Waals surface area contributed by atoms with Gasteiger partial charge in [-0.3, -0.25) is 5.10 Å². The van der Waals surface area contributed by atoms with Crippen molar-refractivity contribution >= 4 is 11.0 Å². The molecule has 5 nitrogen and oxygen atoms in total. The number of aromatic amines is 2. The molecule has 1 aliphatic rings. The van der Waals surface area contributed by atoms with Crippen molar-refractivity contribution in [2.75, 3.05) is 13.1 Å². The van der Waals surface area contributed by atoms with E-state index in [0.717, 1.165) is 35.4 Å². The van der Waals surface area contributed by atoms with Crippen LogP contribution < -0.4 is 5.32 Å². The third kappa shape index (κ3) is 2.00. The van der Waals surface area contributed by atoms with Crippen molar-refractivity contribution in [2.45, 2.75) is 18.8 Å². The highest BCUT2D eigenvalue weighted by Crippen LogP contribution is 2.26. The zero-order valence-electron chi connectivity index (χ0n) is 11.2. The van der Waals surface area contributed by atoms with Crippen LogP contribution in [-0.2, 0) is 0 Å². The smallest absolute Gasteiger partial charge is 0.0931 e. The summed E-state index contributed by atoms with van der Waals surface area (Å²) in [6, 6.07) is 8.37. The highest BCUT2D eigenvalue weighted by atomic mass is 15.1. The van der Waals surface area contributed by atoms with E-state index < -0.39 is 0 Å². The van der Waals surface area contributed by atoms with E-state index in [4.69, 9.17) is 0 Å². The van der Waals surface area contributed by atoms with E-state index in [1.807, 2.05) is 6.07 Å². The second-order valence-corrected chi connectivity index (χ2v) is 5.39. The second kappa shape index (κ2) is 4.76. The molecule has 3 aromatic rings. The van der Waals surface area contributed by atoms with Gasteiger partial charge in [0.15, 0.2) is 0 Å². The molecule has 2 aromatic heterocycles. The first kappa shape index (κ1) is 11.7. The summed E-state index contributed by atoms with van der Waals surface area (Å²) in [4.78, 5) is 7.38. The summed E-state index contributed by atoms with van der Waals surface area (Å²) in [5.74, 6) is 0.556. The summed E-state index contributed by atoms with van der Waals surface area (Å²) in [7, 11) is 0. The topological polar surface area (TPSA) is 69.4 Å². The van der Waals surface area contributed by atoms with Crippen LogP contribution in [0.5, 0.6) is 0 Å². The van der Waals surface area contributed by atoms with Gasteiger partial charge >= 0.3 is 0 Å². The Hall–Kier alpha value is -2.14. The van der Waals surface area contributed by atoms with E-state index in [1.165, 1.54) is 18.5 Å². The molecule has 0 saturated carbocycles. The quantitative estimate of drug-likeness (QED) is 0.668. The molecule has 0 radical (unpaired) electrons. The molecular weight excluding hydrogens is 250 g/mol. The maximum atomic E-state index is 4.47. The molecular formula is C15H17N5. The fraction of sp³-hybridized carbons (Fsp3) is 0.333. The first-order valence-corrected chi connectivity index (χ1v) is 7.10. The Balaban J connectivity index is 1.66. The van der Waals surface area contributed by atoms with Crippen LogP contribution >= 0.6 is 0 Å². The van der Waals surface area contributed by atoms with Crippen LogP contribution in [0.25, 0.3) is 22.3 Å². The minimum absolute atomic E-state index is 0.556. The molecule has 5 heteroatoms. The molecule has 1 saturated heterocycles. The molecule has 0 bridgehead atoms. The Bertz CT molecular complexity index is 721. The predicted molar refractivity (Wildman–Crippen MR) is 78.5 cm³/mol.